The second-order valence-corrected chi connectivity index (χ2v) is 6.65. The summed E-state index contributed by atoms with van der Waals surface area (Å²) in [7, 11) is 0. The summed E-state index contributed by atoms with van der Waals surface area (Å²) < 4.78 is 11.4. The third-order valence-corrected chi connectivity index (χ3v) is 4.43. The maximum atomic E-state index is 12.9. The normalized spacial score (nSPS) is 17.8. The van der Waals surface area contributed by atoms with E-state index in [9.17, 15) is 4.79 Å². The van der Waals surface area contributed by atoms with Gasteiger partial charge in [0.2, 0.25) is 11.8 Å². The largest absolute Gasteiger partial charge is 0.422 e. The number of hydrogen-bond acceptors (Lipinski definition) is 6. The van der Waals surface area contributed by atoms with Crippen molar-refractivity contribution in [3.8, 4) is 0 Å². The molecule has 0 N–H and O–H groups in total. The van der Waals surface area contributed by atoms with E-state index >= 15 is 0 Å². The van der Waals surface area contributed by atoms with Crippen molar-refractivity contribution in [1.82, 2.24) is 20.1 Å². The second-order valence-electron chi connectivity index (χ2n) is 6.65. The summed E-state index contributed by atoms with van der Waals surface area (Å²) in [5, 5.41) is 9.07. The molecule has 1 unspecified atom stereocenters. The summed E-state index contributed by atoms with van der Waals surface area (Å²) in [6.45, 7) is 5.34. The van der Waals surface area contributed by atoms with E-state index in [1.807, 2.05) is 44.2 Å². The fourth-order valence-corrected chi connectivity index (χ4v) is 2.98. The molecule has 4 rings (SSSR count). The quantitative estimate of drug-likeness (QED) is 0.721. The molecular weight excluding hydrogens is 332 g/mol. The molecule has 1 aromatic carbocycles. The number of hydrogen-bond donors (Lipinski definition) is 0. The van der Waals surface area contributed by atoms with E-state index in [1.54, 1.807) is 11.1 Å². The molecule has 1 saturated heterocycles. The minimum absolute atomic E-state index is 0.0346. The van der Waals surface area contributed by atoms with E-state index in [-0.39, 0.29) is 11.8 Å². The second kappa shape index (κ2) is 6.84. The number of pyridine rings is 1. The topological polar surface area (TPSA) is 81.4 Å². The summed E-state index contributed by atoms with van der Waals surface area (Å²) in [6.07, 6.45) is 1.35. The molecule has 0 aliphatic carbocycles. The number of amides is 1. The van der Waals surface area contributed by atoms with Gasteiger partial charge in [-0.05, 0) is 24.3 Å². The van der Waals surface area contributed by atoms with Gasteiger partial charge in [-0.2, -0.15) is 0 Å². The van der Waals surface area contributed by atoms with Gasteiger partial charge in [0.1, 0.15) is 0 Å². The van der Waals surface area contributed by atoms with Crippen LogP contribution in [0, 0.1) is 0 Å². The lowest BCUT2D eigenvalue weighted by atomic mass is 10.1. The van der Waals surface area contributed by atoms with Gasteiger partial charge in [-0.3, -0.25) is 9.78 Å². The molecule has 1 aliphatic rings. The molecule has 0 bridgehead atoms. The molecule has 7 nitrogen and oxygen atoms in total. The summed E-state index contributed by atoms with van der Waals surface area (Å²) in [4.78, 5) is 19.0. The maximum Gasteiger partial charge on any atom is 0.254 e. The molecular formula is C19H20N4O3. The predicted molar refractivity (Wildman–Crippen MR) is 94.7 cm³/mol. The van der Waals surface area contributed by atoms with Crippen molar-refractivity contribution in [2.24, 2.45) is 0 Å². The Kier molecular flexibility index (Phi) is 4.38. The zero-order valence-corrected chi connectivity index (χ0v) is 14.8. The number of carbonyl (C=O) groups is 1. The number of rotatable bonds is 3. The van der Waals surface area contributed by atoms with Crippen LogP contribution in [-0.4, -0.2) is 45.7 Å². The first kappa shape index (κ1) is 16.7. The van der Waals surface area contributed by atoms with Crippen molar-refractivity contribution in [1.29, 1.82) is 0 Å². The lowest BCUT2D eigenvalue weighted by Gasteiger charge is -2.31. The van der Waals surface area contributed by atoms with Gasteiger partial charge in [0, 0.05) is 29.6 Å². The average molecular weight is 352 g/mol. The first-order valence-electron chi connectivity index (χ1n) is 8.71. The summed E-state index contributed by atoms with van der Waals surface area (Å²) in [5.41, 5.74) is 1.51. The molecule has 2 aromatic heterocycles. The lowest BCUT2D eigenvalue weighted by molar-refractivity contribution is -0.0351. The smallest absolute Gasteiger partial charge is 0.254 e. The van der Waals surface area contributed by atoms with Crippen molar-refractivity contribution in [3.05, 3.63) is 53.9 Å². The van der Waals surface area contributed by atoms with E-state index in [2.05, 4.69) is 15.2 Å². The van der Waals surface area contributed by atoms with Gasteiger partial charge < -0.3 is 14.1 Å². The fourth-order valence-electron chi connectivity index (χ4n) is 2.98. The maximum absolute atomic E-state index is 12.9. The summed E-state index contributed by atoms with van der Waals surface area (Å²) in [6, 6.07) is 9.37. The molecule has 134 valence electrons. The van der Waals surface area contributed by atoms with Crippen LogP contribution in [0.15, 0.2) is 40.9 Å². The van der Waals surface area contributed by atoms with Crippen molar-refractivity contribution < 1.29 is 13.9 Å². The number of nitrogens with zero attached hydrogens (tertiary/aromatic N) is 4. The van der Waals surface area contributed by atoms with Gasteiger partial charge in [0.25, 0.3) is 5.91 Å². The van der Waals surface area contributed by atoms with Crippen LogP contribution in [0.2, 0.25) is 0 Å². The van der Waals surface area contributed by atoms with Crippen LogP contribution in [0.3, 0.4) is 0 Å². The Balaban J connectivity index is 1.53. The number of morpholine rings is 1. The molecule has 0 spiro atoms. The van der Waals surface area contributed by atoms with Crippen molar-refractivity contribution >= 4 is 16.8 Å². The minimum atomic E-state index is -0.394. The molecule has 3 aromatic rings. The van der Waals surface area contributed by atoms with Gasteiger partial charge in [-0.15, -0.1) is 10.2 Å². The fraction of sp³-hybridized carbons (Fsp3) is 0.368. The summed E-state index contributed by atoms with van der Waals surface area (Å²) >= 11 is 0. The number of benzene rings is 1. The highest BCUT2D eigenvalue weighted by atomic mass is 16.5. The molecule has 7 heteroatoms. The van der Waals surface area contributed by atoms with Crippen LogP contribution < -0.4 is 0 Å². The number of carbonyl (C=O) groups excluding carboxylic acids is 1. The van der Waals surface area contributed by atoms with E-state index in [1.165, 1.54) is 0 Å². The Bertz CT molecular complexity index is 937. The highest BCUT2D eigenvalue weighted by Crippen LogP contribution is 2.25. The zero-order valence-electron chi connectivity index (χ0n) is 14.8. The Labute approximate surface area is 151 Å². The van der Waals surface area contributed by atoms with Crippen molar-refractivity contribution in [2.75, 3.05) is 19.7 Å². The molecule has 1 aliphatic heterocycles. The van der Waals surface area contributed by atoms with Crippen LogP contribution in [0.5, 0.6) is 0 Å². The van der Waals surface area contributed by atoms with Crippen LogP contribution in [-0.2, 0) is 4.74 Å². The van der Waals surface area contributed by atoms with Gasteiger partial charge >= 0.3 is 0 Å². The van der Waals surface area contributed by atoms with Gasteiger partial charge in [-0.1, -0.05) is 19.9 Å². The third-order valence-electron chi connectivity index (χ3n) is 4.43. The van der Waals surface area contributed by atoms with Gasteiger partial charge in [-0.25, -0.2) is 0 Å². The number of ether oxygens (including phenoxy) is 1. The monoisotopic (exact) mass is 352 g/mol. The standard InChI is InChI=1S/C19H20N4O3/c1-12(2)17-21-22-18(26-17)16-11-23(8-9-25-16)19(24)14-5-6-15-13(10-14)4-3-7-20-15/h3-7,10,12,16H,8-9,11H2,1-2H3. The molecule has 0 saturated carbocycles. The van der Waals surface area contributed by atoms with Crippen molar-refractivity contribution in [3.63, 3.8) is 0 Å². The highest BCUT2D eigenvalue weighted by molar-refractivity contribution is 5.98. The first-order chi connectivity index (χ1) is 12.6. The van der Waals surface area contributed by atoms with Gasteiger partial charge in [0.15, 0.2) is 6.10 Å². The lowest BCUT2D eigenvalue weighted by Crippen LogP contribution is -2.42. The Hall–Kier alpha value is -2.80. The minimum Gasteiger partial charge on any atom is -0.422 e. The number of aromatic nitrogens is 3. The highest BCUT2D eigenvalue weighted by Gasteiger charge is 2.30. The van der Waals surface area contributed by atoms with Gasteiger partial charge in [0.05, 0.1) is 18.7 Å². The molecule has 26 heavy (non-hydrogen) atoms. The predicted octanol–water partition coefficient (Wildman–Crippen LogP) is 2.95. The summed E-state index contributed by atoms with van der Waals surface area (Å²) in [5.74, 6) is 1.12. The zero-order chi connectivity index (χ0) is 18.1. The van der Waals surface area contributed by atoms with Crippen LogP contribution in [0.25, 0.3) is 10.9 Å². The molecule has 1 fully saturated rings. The molecule has 1 atom stereocenters. The molecule has 3 heterocycles. The molecule has 0 radical (unpaired) electrons. The molecule has 1 amide bonds. The average Bonchev–Trinajstić information content (AvgIpc) is 3.18. The Morgan fingerprint density at radius 3 is 2.96 bits per heavy atom. The SMILES string of the molecule is CC(C)c1nnc(C2CN(C(=O)c3ccc4ncccc4c3)CCO2)o1. The first-order valence-corrected chi connectivity index (χ1v) is 8.71. The van der Waals surface area contributed by atoms with Crippen LogP contribution in [0.1, 0.15) is 48.0 Å². The number of fused-ring (bicyclic) bond motifs is 1. The van der Waals surface area contributed by atoms with Crippen LogP contribution >= 0.6 is 0 Å². The van der Waals surface area contributed by atoms with E-state index < -0.39 is 6.10 Å². The van der Waals surface area contributed by atoms with E-state index in [0.29, 0.717) is 37.0 Å². The third kappa shape index (κ3) is 3.17. The van der Waals surface area contributed by atoms with E-state index in [0.717, 1.165) is 10.9 Å². The van der Waals surface area contributed by atoms with Crippen molar-refractivity contribution in [2.45, 2.75) is 25.9 Å². The Morgan fingerprint density at radius 2 is 2.15 bits per heavy atom. The van der Waals surface area contributed by atoms with Crippen LogP contribution in [0.4, 0.5) is 0 Å². The Morgan fingerprint density at radius 1 is 1.27 bits per heavy atom. The van der Waals surface area contributed by atoms with E-state index in [4.69, 9.17) is 9.15 Å².